The van der Waals surface area contributed by atoms with Crippen LogP contribution in [-0.2, 0) is 4.84 Å². The molecule has 0 heterocycles. The molecule has 0 aromatic heterocycles. The number of nitrogens with one attached hydrogen (secondary N) is 2. The highest BCUT2D eigenvalue weighted by molar-refractivity contribution is 14.1. The van der Waals surface area contributed by atoms with Gasteiger partial charge < -0.3 is 10.4 Å². The summed E-state index contributed by atoms with van der Waals surface area (Å²) in [6.45, 7) is 0. The van der Waals surface area contributed by atoms with Gasteiger partial charge in [0, 0.05) is 15.6 Å². The lowest BCUT2D eigenvalue weighted by Gasteiger charge is -2.15. The molecule has 2 aromatic rings. The number of rotatable bonds is 6. The van der Waals surface area contributed by atoms with Crippen LogP contribution < -0.4 is 10.8 Å². The first kappa shape index (κ1) is 19.3. The fraction of sp³-hybridized carbons (Fsp3) is 0.235. The van der Waals surface area contributed by atoms with Crippen molar-refractivity contribution >= 4 is 51.5 Å². The molecule has 3 N–H and O–H groups in total. The Morgan fingerprint density at radius 3 is 2.58 bits per heavy atom. The number of halogens is 4. The second-order valence-corrected chi connectivity index (χ2v) is 7.49. The Morgan fingerprint density at radius 1 is 1.23 bits per heavy atom. The molecule has 1 unspecified atom stereocenters. The van der Waals surface area contributed by atoms with Gasteiger partial charge in [0.05, 0.1) is 22.0 Å². The summed E-state index contributed by atoms with van der Waals surface area (Å²) >= 11 is 8.21. The van der Waals surface area contributed by atoms with Crippen molar-refractivity contribution in [1.82, 2.24) is 5.48 Å². The number of benzene rings is 2. The van der Waals surface area contributed by atoms with Crippen molar-refractivity contribution < 1.29 is 23.5 Å². The van der Waals surface area contributed by atoms with E-state index in [1.54, 1.807) is 18.2 Å². The number of aliphatic hydroxyl groups excluding tert-OH is 1. The normalized spacial score (nSPS) is 14.8. The van der Waals surface area contributed by atoms with Crippen LogP contribution >= 0.6 is 34.2 Å². The van der Waals surface area contributed by atoms with Gasteiger partial charge in [0.15, 0.2) is 17.9 Å². The fourth-order valence-corrected chi connectivity index (χ4v) is 3.12. The predicted octanol–water partition coefficient (Wildman–Crippen LogP) is 4.36. The molecule has 5 nitrogen and oxygen atoms in total. The molecule has 1 fully saturated rings. The van der Waals surface area contributed by atoms with Crippen molar-refractivity contribution in [2.45, 2.75) is 19.1 Å². The average molecular weight is 495 g/mol. The lowest BCUT2D eigenvalue weighted by atomic mass is 10.1. The van der Waals surface area contributed by atoms with Crippen LogP contribution in [-0.4, -0.2) is 17.3 Å². The minimum absolute atomic E-state index is 0.00835. The highest BCUT2D eigenvalue weighted by Crippen LogP contribution is 2.33. The van der Waals surface area contributed by atoms with Crippen LogP contribution in [0.15, 0.2) is 30.3 Å². The molecular weight excluding hydrogens is 481 g/mol. The van der Waals surface area contributed by atoms with Crippen molar-refractivity contribution in [2.75, 3.05) is 5.32 Å². The van der Waals surface area contributed by atoms with Crippen molar-refractivity contribution in [3.05, 3.63) is 56.1 Å². The van der Waals surface area contributed by atoms with E-state index in [2.05, 4.69) is 33.4 Å². The minimum Gasteiger partial charge on any atom is -0.366 e. The quantitative estimate of drug-likeness (QED) is 0.317. The minimum atomic E-state index is -1.18. The summed E-state index contributed by atoms with van der Waals surface area (Å²) in [7, 11) is 0. The van der Waals surface area contributed by atoms with Crippen LogP contribution in [0.2, 0.25) is 5.02 Å². The maximum absolute atomic E-state index is 13.7. The van der Waals surface area contributed by atoms with E-state index in [1.807, 2.05) is 0 Å². The molecule has 0 radical (unpaired) electrons. The van der Waals surface area contributed by atoms with Crippen molar-refractivity contribution in [2.24, 2.45) is 5.92 Å². The van der Waals surface area contributed by atoms with Crippen LogP contribution in [0.25, 0.3) is 0 Å². The van der Waals surface area contributed by atoms with Crippen LogP contribution in [0.1, 0.15) is 23.2 Å². The molecule has 2 aromatic carbocycles. The van der Waals surface area contributed by atoms with Gasteiger partial charge in [-0.1, -0.05) is 11.6 Å². The topological polar surface area (TPSA) is 70.6 Å². The number of aliphatic hydroxyl groups is 1. The molecule has 0 bridgehead atoms. The zero-order valence-corrected chi connectivity index (χ0v) is 16.1. The molecular formula is C17H14ClF2IN2O3. The van der Waals surface area contributed by atoms with E-state index in [0.29, 0.717) is 10.7 Å². The van der Waals surface area contributed by atoms with E-state index in [9.17, 15) is 18.7 Å². The molecule has 1 atom stereocenters. The second kappa shape index (κ2) is 8.03. The van der Waals surface area contributed by atoms with Gasteiger partial charge in [-0.05, 0) is 59.7 Å². The molecule has 138 valence electrons. The number of carbonyl (C=O) groups is 1. The Bertz CT molecular complexity index is 849. The number of amides is 1. The number of hydrogen-bond donors (Lipinski definition) is 3. The van der Waals surface area contributed by atoms with E-state index in [0.717, 1.165) is 28.5 Å². The van der Waals surface area contributed by atoms with Gasteiger partial charge in [0.2, 0.25) is 0 Å². The standard InChI is InChI=1S/C17H14ClF2IN2O3/c18-11-5-9(21)3-4-14(11)22-15-7-13(20)12(19)6-10(15)16(24)23-26-17(25)8-1-2-8/h3-8,17,22,25H,1-2H2,(H,23,24). The van der Waals surface area contributed by atoms with Crippen LogP contribution in [0.3, 0.4) is 0 Å². The molecule has 26 heavy (non-hydrogen) atoms. The summed E-state index contributed by atoms with van der Waals surface area (Å²) in [5, 5.41) is 12.8. The number of hydroxylamine groups is 1. The Labute approximate surface area is 166 Å². The third kappa shape index (κ3) is 4.61. The number of anilines is 2. The SMILES string of the molecule is O=C(NOC(O)C1CC1)c1cc(F)c(F)cc1Nc1ccc(I)cc1Cl. The van der Waals surface area contributed by atoms with E-state index >= 15 is 0 Å². The maximum Gasteiger partial charge on any atom is 0.277 e. The fourth-order valence-electron chi connectivity index (χ4n) is 2.22. The largest absolute Gasteiger partial charge is 0.366 e. The van der Waals surface area contributed by atoms with Gasteiger partial charge in [0.25, 0.3) is 5.91 Å². The third-order valence-corrected chi connectivity index (χ3v) is 4.79. The Balaban J connectivity index is 1.83. The zero-order valence-electron chi connectivity index (χ0n) is 13.2. The summed E-state index contributed by atoms with van der Waals surface area (Å²) in [5.41, 5.74) is 2.30. The van der Waals surface area contributed by atoms with Gasteiger partial charge in [-0.2, -0.15) is 0 Å². The molecule has 0 saturated heterocycles. The van der Waals surface area contributed by atoms with Gasteiger partial charge in [0.1, 0.15) is 0 Å². The lowest BCUT2D eigenvalue weighted by Crippen LogP contribution is -2.31. The summed E-state index contributed by atoms with van der Waals surface area (Å²) in [5.74, 6) is -3.15. The highest BCUT2D eigenvalue weighted by atomic mass is 127. The summed E-state index contributed by atoms with van der Waals surface area (Å²) in [6, 6.07) is 6.71. The summed E-state index contributed by atoms with van der Waals surface area (Å²) in [4.78, 5) is 17.2. The Kier molecular flexibility index (Phi) is 5.96. The maximum atomic E-state index is 13.7. The van der Waals surface area contributed by atoms with Gasteiger partial charge in [-0.3, -0.25) is 4.79 Å². The Hall–Kier alpha value is -1.49. The van der Waals surface area contributed by atoms with Crippen molar-refractivity contribution in [1.29, 1.82) is 0 Å². The predicted molar refractivity (Wildman–Crippen MR) is 101 cm³/mol. The first-order valence-corrected chi connectivity index (χ1v) is 9.16. The average Bonchev–Trinajstić information content (AvgIpc) is 3.43. The molecule has 1 amide bonds. The van der Waals surface area contributed by atoms with Crippen LogP contribution in [0.5, 0.6) is 0 Å². The first-order chi connectivity index (χ1) is 12.3. The van der Waals surface area contributed by atoms with E-state index in [1.165, 1.54) is 0 Å². The lowest BCUT2D eigenvalue weighted by molar-refractivity contribution is -0.145. The second-order valence-electron chi connectivity index (χ2n) is 5.84. The van der Waals surface area contributed by atoms with E-state index in [-0.39, 0.29) is 17.2 Å². The zero-order chi connectivity index (χ0) is 18.8. The van der Waals surface area contributed by atoms with Crippen LogP contribution in [0, 0.1) is 21.1 Å². The third-order valence-electron chi connectivity index (χ3n) is 3.80. The molecule has 3 rings (SSSR count). The smallest absolute Gasteiger partial charge is 0.277 e. The van der Waals surface area contributed by atoms with Gasteiger partial charge in [-0.25, -0.2) is 19.1 Å². The summed E-state index contributed by atoms with van der Waals surface area (Å²) in [6.07, 6.45) is 0.479. The molecule has 1 aliphatic carbocycles. The molecule has 0 aliphatic heterocycles. The monoisotopic (exact) mass is 494 g/mol. The van der Waals surface area contributed by atoms with Crippen molar-refractivity contribution in [3.8, 4) is 0 Å². The molecule has 0 spiro atoms. The number of carbonyl (C=O) groups excluding carboxylic acids is 1. The van der Waals surface area contributed by atoms with Gasteiger partial charge >= 0.3 is 0 Å². The van der Waals surface area contributed by atoms with E-state index in [4.69, 9.17) is 16.4 Å². The highest BCUT2D eigenvalue weighted by Gasteiger charge is 2.31. The Morgan fingerprint density at radius 2 is 1.92 bits per heavy atom. The number of hydrogen-bond acceptors (Lipinski definition) is 4. The summed E-state index contributed by atoms with van der Waals surface area (Å²) < 4.78 is 28.2. The van der Waals surface area contributed by atoms with Crippen LogP contribution in [0.4, 0.5) is 20.2 Å². The first-order valence-electron chi connectivity index (χ1n) is 7.70. The molecule has 1 saturated carbocycles. The van der Waals surface area contributed by atoms with Crippen molar-refractivity contribution in [3.63, 3.8) is 0 Å². The van der Waals surface area contributed by atoms with E-state index < -0.39 is 23.8 Å². The van der Waals surface area contributed by atoms with Gasteiger partial charge in [-0.15, -0.1) is 0 Å². The molecule has 1 aliphatic rings. The molecule has 9 heteroatoms.